The van der Waals surface area contributed by atoms with Crippen molar-refractivity contribution < 1.29 is 19.0 Å². The Labute approximate surface area is 181 Å². The highest BCUT2D eigenvalue weighted by Gasteiger charge is 2.08. The first kappa shape index (κ1) is 23.9. The molecule has 1 unspecified atom stereocenters. The molecule has 0 aliphatic heterocycles. The normalized spacial score (nSPS) is 12.3. The predicted molar refractivity (Wildman–Crippen MR) is 118 cm³/mol. The van der Waals surface area contributed by atoms with E-state index in [4.69, 9.17) is 10.00 Å². The molecule has 2 atom stereocenters. The van der Waals surface area contributed by atoms with Gasteiger partial charge in [0.05, 0.1) is 11.6 Å². The van der Waals surface area contributed by atoms with Crippen molar-refractivity contribution in [3.8, 4) is 11.8 Å². The molecule has 0 aliphatic carbocycles. The number of hydrogen-bond acceptors (Lipinski definition) is 6. The van der Waals surface area contributed by atoms with Crippen LogP contribution in [0.5, 0.6) is 5.75 Å². The van der Waals surface area contributed by atoms with E-state index in [0.29, 0.717) is 30.1 Å². The highest BCUT2D eigenvalue weighted by molar-refractivity contribution is 5.89. The average Bonchev–Trinajstić information content (AvgIpc) is 2.78. The van der Waals surface area contributed by atoms with Gasteiger partial charge in [-0.25, -0.2) is 9.18 Å². The largest absolute Gasteiger partial charge is 0.489 e. The summed E-state index contributed by atoms with van der Waals surface area (Å²) in [6.07, 6.45) is -0.757. The fourth-order valence-electron chi connectivity index (χ4n) is 2.61. The fraction of sp³-hybridized carbons (Fsp3) is 0.364. The Hall–Kier alpha value is -3.35. The molecule has 2 aromatic rings. The zero-order chi connectivity index (χ0) is 22.5. The van der Waals surface area contributed by atoms with Crippen molar-refractivity contribution >= 4 is 17.4 Å². The van der Waals surface area contributed by atoms with Crippen molar-refractivity contribution in [2.24, 2.45) is 0 Å². The summed E-state index contributed by atoms with van der Waals surface area (Å²) in [5, 5.41) is 30.4. The van der Waals surface area contributed by atoms with Crippen LogP contribution in [-0.2, 0) is 0 Å². The van der Waals surface area contributed by atoms with Crippen LogP contribution in [0, 0.1) is 11.3 Å². The molecule has 0 aromatic heterocycles. The summed E-state index contributed by atoms with van der Waals surface area (Å²) in [6.45, 7) is 2.44. The van der Waals surface area contributed by atoms with E-state index in [-0.39, 0.29) is 25.2 Å². The number of carbonyl (C=O) groups is 1. The van der Waals surface area contributed by atoms with E-state index in [1.54, 1.807) is 55.5 Å². The number of benzene rings is 2. The van der Waals surface area contributed by atoms with Crippen LogP contribution < -0.4 is 26.0 Å². The summed E-state index contributed by atoms with van der Waals surface area (Å²) in [6, 6.07) is 15.2. The number of amides is 2. The van der Waals surface area contributed by atoms with Gasteiger partial charge in [0.1, 0.15) is 31.2 Å². The van der Waals surface area contributed by atoms with Crippen LogP contribution in [0.3, 0.4) is 0 Å². The van der Waals surface area contributed by atoms with Gasteiger partial charge in [-0.05, 0) is 43.3 Å². The second-order valence-corrected chi connectivity index (χ2v) is 6.93. The number of anilines is 2. The van der Waals surface area contributed by atoms with E-state index in [1.165, 1.54) is 0 Å². The third kappa shape index (κ3) is 8.90. The summed E-state index contributed by atoms with van der Waals surface area (Å²) >= 11 is 0. The minimum absolute atomic E-state index is 0.0502. The van der Waals surface area contributed by atoms with Gasteiger partial charge in [-0.2, -0.15) is 5.26 Å². The SMILES string of the molecule is CC(CF)Nc1ccc(NC(=O)NCCNC[C@H](O)COc2ccccc2C#N)cc1. The second kappa shape index (κ2) is 13.1. The summed E-state index contributed by atoms with van der Waals surface area (Å²) in [5.74, 6) is 0.433. The zero-order valence-corrected chi connectivity index (χ0v) is 17.4. The first-order valence-electron chi connectivity index (χ1n) is 10.00. The zero-order valence-electron chi connectivity index (χ0n) is 17.4. The number of para-hydroxylation sites is 1. The molecule has 0 bridgehead atoms. The standard InChI is InChI=1S/C22H28FN5O3/c1-16(12-23)27-18-6-8-19(9-7-18)28-22(30)26-11-10-25-14-20(29)15-31-21-5-3-2-4-17(21)13-24/h2-9,16,20,25,27,29H,10-12,14-15H2,1H3,(H2,26,28,30)/t16?,20-/m0/s1. The smallest absolute Gasteiger partial charge is 0.319 e. The number of alkyl halides is 1. The minimum atomic E-state index is -0.757. The second-order valence-electron chi connectivity index (χ2n) is 6.93. The van der Waals surface area contributed by atoms with Crippen molar-refractivity contribution in [3.63, 3.8) is 0 Å². The molecule has 2 rings (SSSR count). The Morgan fingerprint density at radius 1 is 1.16 bits per heavy atom. The van der Waals surface area contributed by atoms with Gasteiger partial charge in [-0.15, -0.1) is 0 Å². The summed E-state index contributed by atoms with van der Waals surface area (Å²) in [7, 11) is 0. The molecule has 2 aromatic carbocycles. The molecule has 0 aliphatic rings. The van der Waals surface area contributed by atoms with Crippen molar-refractivity contribution in [1.29, 1.82) is 5.26 Å². The molecule has 31 heavy (non-hydrogen) atoms. The molecular weight excluding hydrogens is 401 g/mol. The average molecular weight is 429 g/mol. The van der Waals surface area contributed by atoms with Crippen molar-refractivity contribution in [2.75, 3.05) is 43.5 Å². The Morgan fingerprint density at radius 2 is 1.87 bits per heavy atom. The number of rotatable bonds is 12. The van der Waals surface area contributed by atoms with E-state index in [0.717, 1.165) is 5.69 Å². The van der Waals surface area contributed by atoms with E-state index in [9.17, 15) is 14.3 Å². The highest BCUT2D eigenvalue weighted by Crippen LogP contribution is 2.16. The lowest BCUT2D eigenvalue weighted by atomic mass is 10.2. The van der Waals surface area contributed by atoms with Crippen LogP contribution >= 0.6 is 0 Å². The minimum Gasteiger partial charge on any atom is -0.489 e. The maximum atomic E-state index is 12.5. The molecule has 9 heteroatoms. The number of aliphatic hydroxyl groups is 1. The monoisotopic (exact) mass is 429 g/mol. The van der Waals surface area contributed by atoms with Crippen molar-refractivity contribution in [1.82, 2.24) is 10.6 Å². The van der Waals surface area contributed by atoms with Crippen molar-refractivity contribution in [3.05, 3.63) is 54.1 Å². The summed E-state index contributed by atoms with van der Waals surface area (Å²) in [4.78, 5) is 11.9. The van der Waals surface area contributed by atoms with Crippen LogP contribution in [-0.4, -0.2) is 56.2 Å². The van der Waals surface area contributed by atoms with E-state index in [2.05, 4.69) is 21.3 Å². The maximum Gasteiger partial charge on any atom is 0.319 e. The molecule has 0 saturated heterocycles. The molecule has 166 valence electrons. The molecule has 0 saturated carbocycles. The number of aliphatic hydroxyl groups excluding tert-OH is 1. The van der Waals surface area contributed by atoms with Gasteiger partial charge in [0.2, 0.25) is 0 Å². The van der Waals surface area contributed by atoms with Crippen molar-refractivity contribution in [2.45, 2.75) is 19.1 Å². The van der Waals surface area contributed by atoms with Crippen LogP contribution in [0.2, 0.25) is 0 Å². The van der Waals surface area contributed by atoms with Crippen LogP contribution in [0.4, 0.5) is 20.6 Å². The Bertz CT molecular complexity index is 857. The number of nitriles is 1. The summed E-state index contributed by atoms with van der Waals surface area (Å²) < 4.78 is 18.0. The number of halogens is 1. The molecule has 2 amide bonds. The summed E-state index contributed by atoms with van der Waals surface area (Å²) in [5.41, 5.74) is 1.81. The van der Waals surface area contributed by atoms with E-state index < -0.39 is 12.8 Å². The quantitative estimate of drug-likeness (QED) is 0.331. The number of hydrogen-bond donors (Lipinski definition) is 5. The molecule has 5 N–H and O–H groups in total. The maximum absolute atomic E-state index is 12.5. The number of ether oxygens (including phenoxy) is 1. The van der Waals surface area contributed by atoms with E-state index >= 15 is 0 Å². The lowest BCUT2D eigenvalue weighted by Crippen LogP contribution is -2.38. The number of nitrogens with one attached hydrogen (secondary N) is 4. The Morgan fingerprint density at radius 3 is 2.58 bits per heavy atom. The third-order valence-corrected chi connectivity index (χ3v) is 4.19. The molecule has 0 heterocycles. The first-order chi connectivity index (χ1) is 15.0. The number of nitrogens with zero attached hydrogens (tertiary/aromatic N) is 1. The van der Waals surface area contributed by atoms with Gasteiger partial charge in [0, 0.05) is 31.0 Å². The van der Waals surface area contributed by atoms with Gasteiger partial charge in [-0.1, -0.05) is 12.1 Å². The van der Waals surface area contributed by atoms with Crippen LogP contribution in [0.25, 0.3) is 0 Å². The molecule has 8 nitrogen and oxygen atoms in total. The van der Waals surface area contributed by atoms with Crippen LogP contribution in [0.1, 0.15) is 12.5 Å². The molecule has 0 spiro atoms. The molecule has 0 fully saturated rings. The van der Waals surface area contributed by atoms with Gasteiger partial charge < -0.3 is 31.1 Å². The van der Waals surface area contributed by atoms with Gasteiger partial charge in [-0.3, -0.25) is 0 Å². The highest BCUT2D eigenvalue weighted by atomic mass is 19.1. The number of urea groups is 1. The topological polar surface area (TPSA) is 118 Å². The Balaban J connectivity index is 1.58. The molecule has 0 radical (unpaired) electrons. The lowest BCUT2D eigenvalue weighted by molar-refractivity contribution is 0.106. The first-order valence-corrected chi connectivity index (χ1v) is 10.00. The third-order valence-electron chi connectivity index (χ3n) is 4.19. The Kier molecular flexibility index (Phi) is 10.1. The van der Waals surface area contributed by atoms with Crippen LogP contribution in [0.15, 0.2) is 48.5 Å². The predicted octanol–water partition coefficient (Wildman–Crippen LogP) is 2.48. The van der Waals surface area contributed by atoms with Gasteiger partial charge in [0.15, 0.2) is 0 Å². The lowest BCUT2D eigenvalue weighted by Gasteiger charge is -2.14. The van der Waals surface area contributed by atoms with Gasteiger partial charge >= 0.3 is 6.03 Å². The molecular formula is C22H28FN5O3. The fourth-order valence-corrected chi connectivity index (χ4v) is 2.61. The number of carbonyl (C=O) groups excluding carboxylic acids is 1. The van der Waals surface area contributed by atoms with E-state index in [1.807, 2.05) is 6.07 Å². The van der Waals surface area contributed by atoms with Gasteiger partial charge in [0.25, 0.3) is 0 Å².